The second-order valence-corrected chi connectivity index (χ2v) is 6.34. The molecule has 1 aliphatic carbocycles. The van der Waals surface area contributed by atoms with Crippen LogP contribution in [0, 0.1) is 5.92 Å². The van der Waals surface area contributed by atoms with Gasteiger partial charge in [-0.25, -0.2) is 0 Å². The van der Waals surface area contributed by atoms with Gasteiger partial charge in [0.2, 0.25) is 11.7 Å². The first-order valence-corrected chi connectivity index (χ1v) is 8.26. The zero-order valence-corrected chi connectivity index (χ0v) is 13.7. The summed E-state index contributed by atoms with van der Waals surface area (Å²) in [4.78, 5) is 4.27. The molecule has 0 radical (unpaired) electrons. The summed E-state index contributed by atoms with van der Waals surface area (Å²) in [7, 11) is 0. The third-order valence-corrected chi connectivity index (χ3v) is 4.39. The van der Waals surface area contributed by atoms with Gasteiger partial charge in [0.1, 0.15) is 6.26 Å². The molecule has 0 spiro atoms. The Labute approximate surface area is 147 Å². The van der Waals surface area contributed by atoms with Gasteiger partial charge >= 0.3 is 6.18 Å². The molecule has 1 atom stereocenters. The van der Waals surface area contributed by atoms with Gasteiger partial charge in [0.15, 0.2) is 0 Å². The van der Waals surface area contributed by atoms with E-state index in [-0.39, 0.29) is 12.6 Å². The number of alkyl halides is 3. The molecule has 0 saturated heterocycles. The lowest BCUT2D eigenvalue weighted by Gasteiger charge is -2.19. The first kappa shape index (κ1) is 16.8. The molecule has 8 heteroatoms. The van der Waals surface area contributed by atoms with E-state index >= 15 is 0 Å². The van der Waals surface area contributed by atoms with Crippen LogP contribution in [0.4, 0.5) is 13.2 Å². The normalized spacial score (nSPS) is 16.0. The summed E-state index contributed by atoms with van der Waals surface area (Å²) in [5.41, 5.74) is 0.691. The molecule has 2 aromatic heterocycles. The predicted octanol–water partition coefficient (Wildman–Crippen LogP) is 4.59. The number of hydrogen-bond donors (Lipinski definition) is 1. The average molecular weight is 363 g/mol. The summed E-state index contributed by atoms with van der Waals surface area (Å²) < 4.78 is 49.1. The molecule has 1 aromatic carbocycles. The van der Waals surface area contributed by atoms with Crippen molar-refractivity contribution in [2.75, 3.05) is 0 Å². The summed E-state index contributed by atoms with van der Waals surface area (Å²) in [5.74, 6) is 1.10. The fraction of sp³-hybridized carbons (Fsp3) is 0.333. The van der Waals surface area contributed by atoms with Crippen LogP contribution in [0.25, 0.3) is 11.4 Å². The summed E-state index contributed by atoms with van der Waals surface area (Å²) >= 11 is 0. The minimum atomic E-state index is -4.35. The minimum absolute atomic E-state index is 0.179. The Morgan fingerprint density at radius 3 is 2.77 bits per heavy atom. The van der Waals surface area contributed by atoms with Crippen molar-refractivity contribution in [2.24, 2.45) is 5.92 Å². The van der Waals surface area contributed by atoms with Crippen LogP contribution in [0.15, 0.2) is 51.8 Å². The highest BCUT2D eigenvalue weighted by atomic mass is 19.4. The lowest BCUT2D eigenvalue weighted by molar-refractivity contribution is -0.137. The molecule has 1 saturated carbocycles. The Kier molecular flexibility index (Phi) is 4.28. The van der Waals surface area contributed by atoms with E-state index in [1.807, 2.05) is 0 Å². The van der Waals surface area contributed by atoms with Crippen molar-refractivity contribution >= 4 is 0 Å². The van der Waals surface area contributed by atoms with Crippen LogP contribution in [-0.2, 0) is 12.7 Å². The third-order valence-electron chi connectivity index (χ3n) is 4.39. The van der Waals surface area contributed by atoms with Crippen molar-refractivity contribution in [1.29, 1.82) is 0 Å². The molecule has 5 nitrogen and oxygen atoms in total. The topological polar surface area (TPSA) is 64.1 Å². The zero-order chi connectivity index (χ0) is 18.1. The highest BCUT2D eigenvalue weighted by molar-refractivity contribution is 5.51. The van der Waals surface area contributed by atoms with Gasteiger partial charge in [0.25, 0.3) is 0 Å². The standard InChI is InChI=1S/C18H16F3N3O2/c19-18(20,21)14-3-1-2-12(8-14)16(11-4-5-11)22-9-15-23-17(24-26-15)13-6-7-25-10-13/h1-3,6-8,10-11,16,22H,4-5,9H2/t16-/m0/s1. The van der Waals surface area contributed by atoms with Crippen molar-refractivity contribution in [3.63, 3.8) is 0 Å². The molecule has 0 amide bonds. The molecule has 0 unspecified atom stereocenters. The van der Waals surface area contributed by atoms with Crippen LogP contribution in [0.2, 0.25) is 0 Å². The maximum atomic E-state index is 13.0. The number of nitrogens with one attached hydrogen (secondary N) is 1. The van der Waals surface area contributed by atoms with Gasteiger partial charge in [-0.15, -0.1) is 0 Å². The van der Waals surface area contributed by atoms with Gasteiger partial charge in [-0.3, -0.25) is 0 Å². The highest BCUT2D eigenvalue weighted by Crippen LogP contribution is 2.42. The van der Waals surface area contributed by atoms with Crippen LogP contribution >= 0.6 is 0 Å². The predicted molar refractivity (Wildman–Crippen MR) is 85.7 cm³/mol. The molecule has 26 heavy (non-hydrogen) atoms. The van der Waals surface area contributed by atoms with Crippen LogP contribution in [0.1, 0.15) is 35.9 Å². The molecule has 3 aromatic rings. The lowest BCUT2D eigenvalue weighted by Crippen LogP contribution is -2.23. The molecule has 1 N–H and O–H groups in total. The largest absolute Gasteiger partial charge is 0.472 e. The van der Waals surface area contributed by atoms with Crippen molar-refractivity contribution in [3.8, 4) is 11.4 Å². The first-order valence-electron chi connectivity index (χ1n) is 8.26. The maximum absolute atomic E-state index is 13.0. The first-order chi connectivity index (χ1) is 12.5. The number of benzene rings is 1. The van der Waals surface area contributed by atoms with Gasteiger partial charge in [-0.1, -0.05) is 17.3 Å². The van der Waals surface area contributed by atoms with E-state index in [0.29, 0.717) is 28.8 Å². The van der Waals surface area contributed by atoms with Crippen molar-refractivity contribution in [1.82, 2.24) is 15.5 Å². The Morgan fingerprint density at radius 1 is 1.23 bits per heavy atom. The van der Waals surface area contributed by atoms with Crippen molar-refractivity contribution in [3.05, 3.63) is 59.9 Å². The van der Waals surface area contributed by atoms with E-state index < -0.39 is 11.7 Å². The van der Waals surface area contributed by atoms with Crippen LogP contribution < -0.4 is 5.32 Å². The van der Waals surface area contributed by atoms with Gasteiger partial charge in [0.05, 0.1) is 23.9 Å². The maximum Gasteiger partial charge on any atom is 0.416 e. The molecule has 2 heterocycles. The van der Waals surface area contributed by atoms with E-state index in [2.05, 4.69) is 15.5 Å². The molecular weight excluding hydrogens is 347 g/mol. The molecule has 1 aliphatic rings. The summed E-state index contributed by atoms with van der Waals surface area (Å²) in [6, 6.07) is 7.00. The van der Waals surface area contributed by atoms with Crippen LogP contribution in [0.3, 0.4) is 0 Å². The monoisotopic (exact) mass is 363 g/mol. The molecular formula is C18H16F3N3O2. The Hall–Kier alpha value is -2.61. The zero-order valence-electron chi connectivity index (χ0n) is 13.7. The number of halogens is 3. The van der Waals surface area contributed by atoms with E-state index in [4.69, 9.17) is 8.94 Å². The Morgan fingerprint density at radius 2 is 2.08 bits per heavy atom. The van der Waals surface area contributed by atoms with Crippen LogP contribution in [-0.4, -0.2) is 10.1 Å². The van der Waals surface area contributed by atoms with Crippen LogP contribution in [0.5, 0.6) is 0 Å². The van der Waals surface area contributed by atoms with Crippen molar-refractivity contribution in [2.45, 2.75) is 31.6 Å². The van der Waals surface area contributed by atoms with E-state index in [1.54, 1.807) is 12.1 Å². The molecule has 0 bridgehead atoms. The highest BCUT2D eigenvalue weighted by Gasteiger charge is 2.35. The Bertz CT molecular complexity index is 870. The van der Waals surface area contributed by atoms with E-state index in [9.17, 15) is 13.2 Å². The minimum Gasteiger partial charge on any atom is -0.472 e. The smallest absolute Gasteiger partial charge is 0.416 e. The lowest BCUT2D eigenvalue weighted by atomic mass is 10.00. The van der Waals surface area contributed by atoms with Gasteiger partial charge in [0, 0.05) is 6.04 Å². The van der Waals surface area contributed by atoms with Gasteiger partial charge in [-0.2, -0.15) is 18.2 Å². The second-order valence-electron chi connectivity index (χ2n) is 6.34. The fourth-order valence-electron chi connectivity index (χ4n) is 2.93. The number of aromatic nitrogens is 2. The average Bonchev–Trinajstić information content (AvgIpc) is 3.11. The van der Waals surface area contributed by atoms with Crippen molar-refractivity contribution < 1.29 is 22.1 Å². The van der Waals surface area contributed by atoms with E-state index in [1.165, 1.54) is 24.7 Å². The molecule has 4 rings (SSSR count). The van der Waals surface area contributed by atoms with Gasteiger partial charge < -0.3 is 14.3 Å². The third kappa shape index (κ3) is 3.65. The molecule has 0 aliphatic heterocycles. The summed E-state index contributed by atoms with van der Waals surface area (Å²) in [6.45, 7) is 0.280. The fourth-order valence-corrected chi connectivity index (χ4v) is 2.93. The Balaban J connectivity index is 1.48. The quantitative estimate of drug-likeness (QED) is 0.694. The van der Waals surface area contributed by atoms with Gasteiger partial charge in [-0.05, 0) is 42.5 Å². The summed E-state index contributed by atoms with van der Waals surface area (Å²) in [5, 5.41) is 7.15. The number of hydrogen-bond acceptors (Lipinski definition) is 5. The van der Waals surface area contributed by atoms with E-state index in [0.717, 1.165) is 18.9 Å². The number of furan rings is 1. The molecule has 136 valence electrons. The summed E-state index contributed by atoms with van der Waals surface area (Å²) in [6.07, 6.45) is 0.643. The molecule has 1 fully saturated rings. The number of rotatable bonds is 6. The second kappa shape index (κ2) is 6.60. The SMILES string of the molecule is FC(F)(F)c1cccc([C@@H](NCc2nc(-c3ccoc3)no2)C2CC2)c1. The number of nitrogens with zero attached hydrogens (tertiary/aromatic N) is 2.